The largest absolute Gasteiger partial charge is 0.441 e. The van der Waals surface area contributed by atoms with E-state index in [1.807, 2.05) is 6.07 Å². The first-order valence-corrected chi connectivity index (χ1v) is 7.18. The van der Waals surface area contributed by atoms with Crippen LogP contribution in [0.5, 0.6) is 0 Å². The zero-order valence-corrected chi connectivity index (χ0v) is 12.9. The average molecular weight is 320 g/mol. The zero-order valence-electron chi connectivity index (χ0n) is 12.1. The molecule has 114 valence electrons. The van der Waals surface area contributed by atoms with Crippen molar-refractivity contribution in [3.63, 3.8) is 0 Å². The molecular formula is C15H14ClN3O3. The van der Waals surface area contributed by atoms with Crippen molar-refractivity contribution in [2.75, 3.05) is 5.32 Å². The number of benzene rings is 1. The van der Waals surface area contributed by atoms with Crippen LogP contribution < -0.4 is 5.32 Å². The van der Waals surface area contributed by atoms with Crippen LogP contribution in [0.15, 0.2) is 27.1 Å². The molecule has 0 spiro atoms. The predicted octanol–water partition coefficient (Wildman–Crippen LogP) is 3.66. The van der Waals surface area contributed by atoms with Crippen molar-refractivity contribution in [1.82, 2.24) is 10.1 Å². The lowest BCUT2D eigenvalue weighted by Crippen LogP contribution is -2.12. The van der Waals surface area contributed by atoms with Gasteiger partial charge in [0.25, 0.3) is 0 Å². The average Bonchev–Trinajstić information content (AvgIpc) is 2.98. The highest BCUT2D eigenvalue weighted by atomic mass is 35.5. The molecule has 3 aromatic rings. The molecule has 0 bridgehead atoms. The normalized spacial score (nSPS) is 11.0. The number of aryl methyl sites for hydroxylation is 2. The topological polar surface area (TPSA) is 81.2 Å². The highest BCUT2D eigenvalue weighted by Crippen LogP contribution is 2.22. The van der Waals surface area contributed by atoms with Gasteiger partial charge < -0.3 is 14.3 Å². The molecule has 0 aliphatic carbocycles. The van der Waals surface area contributed by atoms with Crippen LogP contribution in [0.2, 0.25) is 5.22 Å². The number of oxazole rings is 1. The van der Waals surface area contributed by atoms with E-state index < -0.39 is 0 Å². The molecule has 0 saturated heterocycles. The number of anilines is 1. The third-order valence-electron chi connectivity index (χ3n) is 3.32. The number of halogens is 1. The van der Waals surface area contributed by atoms with Gasteiger partial charge in [0.1, 0.15) is 5.52 Å². The lowest BCUT2D eigenvalue weighted by Gasteiger charge is -2.04. The first-order chi connectivity index (χ1) is 10.5. The van der Waals surface area contributed by atoms with Crippen LogP contribution in [0, 0.1) is 13.8 Å². The Balaban J connectivity index is 1.65. The molecule has 7 heteroatoms. The van der Waals surface area contributed by atoms with Crippen LogP contribution in [-0.4, -0.2) is 16.0 Å². The number of hydrogen-bond donors (Lipinski definition) is 1. The van der Waals surface area contributed by atoms with Gasteiger partial charge in [0.2, 0.25) is 11.1 Å². The van der Waals surface area contributed by atoms with Crippen LogP contribution in [0.1, 0.15) is 23.6 Å². The molecule has 0 radical (unpaired) electrons. The summed E-state index contributed by atoms with van der Waals surface area (Å²) in [5.74, 6) is 0.475. The van der Waals surface area contributed by atoms with Gasteiger partial charge in [-0.25, -0.2) is 4.98 Å². The molecule has 0 unspecified atom stereocenters. The van der Waals surface area contributed by atoms with Crippen molar-refractivity contribution in [3.05, 3.63) is 40.6 Å². The molecule has 6 nitrogen and oxygen atoms in total. The number of carbonyl (C=O) groups excluding carboxylic acids is 1. The number of amides is 1. The third-order valence-corrected chi connectivity index (χ3v) is 3.62. The van der Waals surface area contributed by atoms with Gasteiger partial charge in [0.15, 0.2) is 11.5 Å². The molecule has 0 atom stereocenters. The molecule has 1 N–H and O–H groups in total. The standard InChI is InChI=1S/C15H14ClN3O3/c1-8-11(15(16)22-19-8)4-6-14(20)18-10-3-5-12-13(7-10)21-9(2)17-12/h3,5,7H,4,6H2,1-2H3,(H,18,20). The second-order valence-electron chi connectivity index (χ2n) is 4.98. The smallest absolute Gasteiger partial charge is 0.229 e. The van der Waals surface area contributed by atoms with Crippen LogP contribution in [0.25, 0.3) is 11.1 Å². The van der Waals surface area contributed by atoms with Crippen molar-refractivity contribution in [3.8, 4) is 0 Å². The minimum atomic E-state index is -0.118. The van der Waals surface area contributed by atoms with Gasteiger partial charge in [-0.3, -0.25) is 4.79 Å². The highest BCUT2D eigenvalue weighted by Gasteiger charge is 2.13. The van der Waals surface area contributed by atoms with E-state index in [9.17, 15) is 4.79 Å². The molecule has 2 aromatic heterocycles. The summed E-state index contributed by atoms with van der Waals surface area (Å²) in [7, 11) is 0. The second-order valence-corrected chi connectivity index (χ2v) is 5.33. The number of rotatable bonds is 4. The number of aromatic nitrogens is 2. The van der Waals surface area contributed by atoms with E-state index in [-0.39, 0.29) is 17.5 Å². The van der Waals surface area contributed by atoms with Crippen molar-refractivity contribution in [1.29, 1.82) is 0 Å². The zero-order chi connectivity index (χ0) is 15.7. The summed E-state index contributed by atoms with van der Waals surface area (Å²) in [6.07, 6.45) is 0.763. The highest BCUT2D eigenvalue weighted by molar-refractivity contribution is 6.29. The first-order valence-electron chi connectivity index (χ1n) is 6.80. The monoisotopic (exact) mass is 319 g/mol. The number of nitrogens with zero attached hydrogens (tertiary/aromatic N) is 2. The maximum Gasteiger partial charge on any atom is 0.229 e. The minimum absolute atomic E-state index is 0.118. The maximum atomic E-state index is 12.0. The Hall–Kier alpha value is -2.34. The van der Waals surface area contributed by atoms with Gasteiger partial charge in [-0.2, -0.15) is 0 Å². The Morgan fingerprint density at radius 3 is 2.91 bits per heavy atom. The van der Waals surface area contributed by atoms with E-state index in [4.69, 9.17) is 20.5 Å². The third kappa shape index (κ3) is 2.96. The summed E-state index contributed by atoms with van der Waals surface area (Å²) in [6.45, 7) is 3.58. The molecule has 0 aliphatic rings. The van der Waals surface area contributed by atoms with Crippen LogP contribution in [0.3, 0.4) is 0 Å². The number of fused-ring (bicyclic) bond motifs is 1. The molecule has 22 heavy (non-hydrogen) atoms. The Morgan fingerprint density at radius 1 is 1.36 bits per heavy atom. The Labute approximate surface area is 131 Å². The summed E-state index contributed by atoms with van der Waals surface area (Å²) in [5.41, 5.74) is 3.55. The first kappa shape index (κ1) is 14.6. The van der Waals surface area contributed by atoms with E-state index in [2.05, 4.69) is 15.5 Å². The van der Waals surface area contributed by atoms with Gasteiger partial charge in [0.05, 0.1) is 5.69 Å². The fourth-order valence-electron chi connectivity index (χ4n) is 2.22. The van der Waals surface area contributed by atoms with Crippen LogP contribution in [0.4, 0.5) is 5.69 Å². The van der Waals surface area contributed by atoms with Gasteiger partial charge in [-0.15, -0.1) is 0 Å². The van der Waals surface area contributed by atoms with Crippen molar-refractivity contribution in [2.24, 2.45) is 0 Å². The SMILES string of the molecule is Cc1nc2ccc(NC(=O)CCc3c(C)noc3Cl)cc2o1. The minimum Gasteiger partial charge on any atom is -0.441 e. The summed E-state index contributed by atoms with van der Waals surface area (Å²) in [6, 6.07) is 5.35. The molecule has 2 heterocycles. The molecule has 0 saturated carbocycles. The van der Waals surface area contributed by atoms with E-state index in [1.165, 1.54) is 0 Å². The summed E-state index contributed by atoms with van der Waals surface area (Å²) < 4.78 is 10.3. The van der Waals surface area contributed by atoms with E-state index in [0.717, 1.165) is 11.1 Å². The summed E-state index contributed by atoms with van der Waals surface area (Å²) in [4.78, 5) is 16.2. The number of hydrogen-bond acceptors (Lipinski definition) is 5. The van der Waals surface area contributed by atoms with Gasteiger partial charge in [-0.05, 0) is 37.1 Å². The number of carbonyl (C=O) groups is 1. The Morgan fingerprint density at radius 2 is 2.18 bits per heavy atom. The van der Waals surface area contributed by atoms with Gasteiger partial charge in [-0.1, -0.05) is 5.16 Å². The lowest BCUT2D eigenvalue weighted by atomic mass is 10.1. The molecule has 0 fully saturated rings. The fraction of sp³-hybridized carbons (Fsp3) is 0.267. The van der Waals surface area contributed by atoms with E-state index in [1.54, 1.807) is 26.0 Å². The predicted molar refractivity (Wildman–Crippen MR) is 81.9 cm³/mol. The summed E-state index contributed by atoms with van der Waals surface area (Å²) in [5, 5.41) is 6.82. The van der Waals surface area contributed by atoms with Crippen LogP contribution in [-0.2, 0) is 11.2 Å². The van der Waals surface area contributed by atoms with Gasteiger partial charge >= 0.3 is 0 Å². The van der Waals surface area contributed by atoms with Crippen molar-refractivity contribution >= 4 is 34.3 Å². The molecule has 1 aromatic carbocycles. The Kier molecular flexibility index (Phi) is 3.85. The molecule has 3 rings (SSSR count). The second kappa shape index (κ2) is 5.81. The van der Waals surface area contributed by atoms with Gasteiger partial charge in [0, 0.05) is 30.7 Å². The summed E-state index contributed by atoms with van der Waals surface area (Å²) >= 11 is 5.88. The van der Waals surface area contributed by atoms with E-state index >= 15 is 0 Å². The molecule has 0 aliphatic heterocycles. The van der Waals surface area contributed by atoms with Crippen LogP contribution >= 0.6 is 11.6 Å². The number of nitrogens with one attached hydrogen (secondary N) is 1. The van der Waals surface area contributed by atoms with Crippen molar-refractivity contribution < 1.29 is 13.7 Å². The van der Waals surface area contributed by atoms with Crippen molar-refractivity contribution in [2.45, 2.75) is 26.7 Å². The molecular weight excluding hydrogens is 306 g/mol. The maximum absolute atomic E-state index is 12.0. The Bertz CT molecular complexity index is 818. The fourth-order valence-corrected chi connectivity index (χ4v) is 2.49. The molecule has 1 amide bonds. The lowest BCUT2D eigenvalue weighted by molar-refractivity contribution is -0.116. The van der Waals surface area contributed by atoms with E-state index in [0.29, 0.717) is 29.3 Å². The quantitative estimate of drug-likeness (QED) is 0.793.